The van der Waals surface area contributed by atoms with Gasteiger partial charge in [0.25, 0.3) is 0 Å². The molecule has 19 heavy (non-hydrogen) atoms. The van der Waals surface area contributed by atoms with Crippen molar-refractivity contribution in [3.05, 3.63) is 42.0 Å². The quantitative estimate of drug-likeness (QED) is 0.861. The molecule has 0 spiro atoms. The summed E-state index contributed by atoms with van der Waals surface area (Å²) in [7, 11) is 0. The second kappa shape index (κ2) is 6.68. The molecule has 0 bridgehead atoms. The number of nitrogens with zero attached hydrogens (tertiary/aromatic N) is 3. The summed E-state index contributed by atoms with van der Waals surface area (Å²) in [6.07, 6.45) is 2.55. The molecule has 0 aliphatic rings. The van der Waals surface area contributed by atoms with Crippen LogP contribution in [0.25, 0.3) is 0 Å². The predicted octanol–water partition coefficient (Wildman–Crippen LogP) is 2.23. The van der Waals surface area contributed by atoms with Crippen LogP contribution >= 0.6 is 0 Å². The normalized spacial score (nSPS) is 10.2. The zero-order chi connectivity index (χ0) is 13.5. The molecule has 0 saturated carbocycles. The molecule has 0 saturated heterocycles. The molecule has 0 aliphatic carbocycles. The summed E-state index contributed by atoms with van der Waals surface area (Å²) >= 11 is 0. The van der Waals surface area contributed by atoms with Crippen LogP contribution in [0.4, 0.5) is 5.82 Å². The average Bonchev–Trinajstić information content (AvgIpc) is 2.40. The van der Waals surface area contributed by atoms with Gasteiger partial charge in [0.1, 0.15) is 11.6 Å². The molecule has 5 heteroatoms. The highest BCUT2D eigenvalue weighted by Crippen LogP contribution is 2.13. The van der Waals surface area contributed by atoms with Gasteiger partial charge in [-0.25, -0.2) is 4.98 Å². The van der Waals surface area contributed by atoms with Crippen molar-refractivity contribution in [1.29, 1.82) is 0 Å². The summed E-state index contributed by atoms with van der Waals surface area (Å²) in [5.74, 6) is 2.09. The number of pyridine rings is 1. The zero-order valence-corrected chi connectivity index (χ0v) is 11.3. The standard InChI is InChI=1S/C14H18N4O/c1-3-15-13-10-14(18-11(2)17-13)19-9-7-12-6-4-5-8-16-12/h4-6,8,10H,3,7,9H2,1-2H3,(H,15,17,18). The molecule has 100 valence electrons. The Labute approximate surface area is 113 Å². The van der Waals surface area contributed by atoms with E-state index in [1.807, 2.05) is 38.1 Å². The van der Waals surface area contributed by atoms with E-state index in [0.29, 0.717) is 18.3 Å². The Morgan fingerprint density at radius 1 is 1.26 bits per heavy atom. The van der Waals surface area contributed by atoms with E-state index in [4.69, 9.17) is 4.74 Å². The first kappa shape index (κ1) is 13.3. The summed E-state index contributed by atoms with van der Waals surface area (Å²) in [5, 5.41) is 3.15. The second-order valence-corrected chi connectivity index (χ2v) is 4.09. The smallest absolute Gasteiger partial charge is 0.218 e. The highest BCUT2D eigenvalue weighted by molar-refractivity contribution is 5.38. The Hall–Kier alpha value is -2.17. The molecule has 2 rings (SSSR count). The number of nitrogens with one attached hydrogen (secondary N) is 1. The Morgan fingerprint density at radius 2 is 2.16 bits per heavy atom. The number of hydrogen-bond acceptors (Lipinski definition) is 5. The van der Waals surface area contributed by atoms with Gasteiger partial charge >= 0.3 is 0 Å². The van der Waals surface area contributed by atoms with Gasteiger partial charge in [0.15, 0.2) is 0 Å². The molecule has 0 unspecified atom stereocenters. The first-order chi connectivity index (χ1) is 9.28. The fourth-order valence-electron chi connectivity index (χ4n) is 1.69. The maximum atomic E-state index is 5.65. The van der Waals surface area contributed by atoms with E-state index < -0.39 is 0 Å². The molecular formula is C14H18N4O. The van der Waals surface area contributed by atoms with Crippen LogP contribution in [0, 0.1) is 6.92 Å². The minimum absolute atomic E-state index is 0.555. The van der Waals surface area contributed by atoms with Crippen molar-refractivity contribution < 1.29 is 4.74 Å². The van der Waals surface area contributed by atoms with E-state index in [9.17, 15) is 0 Å². The van der Waals surface area contributed by atoms with E-state index in [0.717, 1.165) is 24.5 Å². The lowest BCUT2D eigenvalue weighted by Gasteiger charge is -2.08. The van der Waals surface area contributed by atoms with Crippen LogP contribution in [0.15, 0.2) is 30.5 Å². The van der Waals surface area contributed by atoms with Crippen LogP contribution in [0.1, 0.15) is 18.4 Å². The first-order valence-corrected chi connectivity index (χ1v) is 6.40. The van der Waals surface area contributed by atoms with Crippen molar-refractivity contribution >= 4 is 5.82 Å². The van der Waals surface area contributed by atoms with Crippen LogP contribution < -0.4 is 10.1 Å². The van der Waals surface area contributed by atoms with E-state index in [1.54, 1.807) is 6.20 Å². The van der Waals surface area contributed by atoms with Crippen molar-refractivity contribution in [1.82, 2.24) is 15.0 Å². The lowest BCUT2D eigenvalue weighted by Crippen LogP contribution is -2.07. The zero-order valence-electron chi connectivity index (χ0n) is 11.3. The SMILES string of the molecule is CCNc1cc(OCCc2ccccn2)nc(C)n1. The van der Waals surface area contributed by atoms with E-state index in [2.05, 4.69) is 20.3 Å². The fraction of sp³-hybridized carbons (Fsp3) is 0.357. The van der Waals surface area contributed by atoms with Crippen molar-refractivity contribution in [2.24, 2.45) is 0 Å². The second-order valence-electron chi connectivity index (χ2n) is 4.09. The largest absolute Gasteiger partial charge is 0.477 e. The van der Waals surface area contributed by atoms with Crippen molar-refractivity contribution in [3.63, 3.8) is 0 Å². The van der Waals surface area contributed by atoms with Gasteiger partial charge in [-0.1, -0.05) is 6.07 Å². The number of hydrogen-bond donors (Lipinski definition) is 1. The van der Waals surface area contributed by atoms with E-state index in [1.165, 1.54) is 0 Å². The molecule has 0 aromatic carbocycles. The van der Waals surface area contributed by atoms with Gasteiger partial charge in [-0.05, 0) is 26.0 Å². The lowest BCUT2D eigenvalue weighted by atomic mass is 10.3. The molecule has 2 aromatic rings. The Kier molecular flexibility index (Phi) is 4.66. The van der Waals surface area contributed by atoms with Gasteiger partial charge in [-0.2, -0.15) is 4.98 Å². The number of aryl methyl sites for hydroxylation is 1. The monoisotopic (exact) mass is 258 g/mol. The molecule has 0 aliphatic heterocycles. The number of aromatic nitrogens is 3. The maximum Gasteiger partial charge on any atom is 0.218 e. The highest BCUT2D eigenvalue weighted by atomic mass is 16.5. The molecule has 0 fully saturated rings. The number of ether oxygens (including phenoxy) is 1. The Morgan fingerprint density at radius 3 is 2.89 bits per heavy atom. The molecule has 2 aromatic heterocycles. The Bertz CT molecular complexity index is 516. The van der Waals surface area contributed by atoms with E-state index >= 15 is 0 Å². The summed E-state index contributed by atoms with van der Waals surface area (Å²) < 4.78 is 5.65. The third-order valence-corrected chi connectivity index (χ3v) is 2.51. The van der Waals surface area contributed by atoms with Crippen LogP contribution in [-0.4, -0.2) is 28.1 Å². The summed E-state index contributed by atoms with van der Waals surface area (Å²) in [6.45, 7) is 5.26. The van der Waals surface area contributed by atoms with Gasteiger partial charge < -0.3 is 10.1 Å². The highest BCUT2D eigenvalue weighted by Gasteiger charge is 2.02. The van der Waals surface area contributed by atoms with Crippen molar-refractivity contribution in [3.8, 4) is 5.88 Å². The molecule has 0 amide bonds. The molecule has 2 heterocycles. The van der Waals surface area contributed by atoms with Crippen molar-refractivity contribution in [2.45, 2.75) is 20.3 Å². The summed E-state index contributed by atoms with van der Waals surface area (Å²) in [6, 6.07) is 7.68. The van der Waals surface area contributed by atoms with Gasteiger partial charge in [0.05, 0.1) is 6.61 Å². The summed E-state index contributed by atoms with van der Waals surface area (Å²) in [5.41, 5.74) is 1.01. The minimum Gasteiger partial charge on any atom is -0.477 e. The number of rotatable bonds is 6. The first-order valence-electron chi connectivity index (χ1n) is 6.40. The molecule has 0 atom stereocenters. The molecule has 5 nitrogen and oxygen atoms in total. The fourth-order valence-corrected chi connectivity index (χ4v) is 1.69. The van der Waals surface area contributed by atoms with Gasteiger partial charge in [0.2, 0.25) is 5.88 Å². The topological polar surface area (TPSA) is 59.9 Å². The van der Waals surface area contributed by atoms with Gasteiger partial charge in [-0.15, -0.1) is 0 Å². The number of anilines is 1. The lowest BCUT2D eigenvalue weighted by molar-refractivity contribution is 0.307. The predicted molar refractivity (Wildman–Crippen MR) is 74.4 cm³/mol. The van der Waals surface area contributed by atoms with Crippen molar-refractivity contribution in [2.75, 3.05) is 18.5 Å². The Balaban J connectivity index is 1.92. The molecule has 0 radical (unpaired) electrons. The molecule has 1 N–H and O–H groups in total. The van der Waals surface area contributed by atoms with Gasteiger partial charge in [-0.3, -0.25) is 4.98 Å². The average molecular weight is 258 g/mol. The summed E-state index contributed by atoms with van der Waals surface area (Å²) in [4.78, 5) is 12.8. The van der Waals surface area contributed by atoms with Crippen LogP contribution in [0.2, 0.25) is 0 Å². The maximum absolute atomic E-state index is 5.65. The van der Waals surface area contributed by atoms with Crippen LogP contribution in [-0.2, 0) is 6.42 Å². The minimum atomic E-state index is 0.555. The molecular weight excluding hydrogens is 240 g/mol. The van der Waals surface area contributed by atoms with Crippen LogP contribution in [0.3, 0.4) is 0 Å². The van der Waals surface area contributed by atoms with E-state index in [-0.39, 0.29) is 0 Å². The third kappa shape index (κ3) is 4.21. The third-order valence-electron chi connectivity index (χ3n) is 2.51. The van der Waals surface area contributed by atoms with Gasteiger partial charge in [0, 0.05) is 30.9 Å². The van der Waals surface area contributed by atoms with Crippen LogP contribution in [0.5, 0.6) is 5.88 Å².